The van der Waals surface area contributed by atoms with E-state index in [0.29, 0.717) is 5.69 Å². The molecule has 8 heteroatoms. The molecule has 0 atom stereocenters. The highest BCUT2D eigenvalue weighted by molar-refractivity contribution is 5.94. The number of halogens is 3. The van der Waals surface area contributed by atoms with Gasteiger partial charge in [0.15, 0.2) is 0 Å². The van der Waals surface area contributed by atoms with E-state index < -0.39 is 17.6 Å². The quantitative estimate of drug-likeness (QED) is 0.775. The normalized spacial score (nSPS) is 11.4. The van der Waals surface area contributed by atoms with Crippen LogP contribution < -0.4 is 5.32 Å². The summed E-state index contributed by atoms with van der Waals surface area (Å²) < 4.78 is 39.4. The van der Waals surface area contributed by atoms with Crippen molar-refractivity contribution in [3.63, 3.8) is 0 Å². The lowest BCUT2D eigenvalue weighted by Crippen LogP contribution is -2.23. The van der Waals surface area contributed by atoms with Crippen molar-refractivity contribution >= 4 is 5.91 Å². The summed E-state index contributed by atoms with van der Waals surface area (Å²) in [6.45, 7) is 0.192. The molecule has 3 rings (SSSR count). The zero-order chi connectivity index (χ0) is 18.7. The van der Waals surface area contributed by atoms with Gasteiger partial charge in [0.05, 0.1) is 17.5 Å². The minimum Gasteiger partial charge on any atom is -0.348 e. The van der Waals surface area contributed by atoms with Gasteiger partial charge < -0.3 is 5.32 Å². The molecular weight excluding hydrogens is 345 g/mol. The van der Waals surface area contributed by atoms with Gasteiger partial charge in [0.2, 0.25) is 0 Å². The summed E-state index contributed by atoms with van der Waals surface area (Å²) in [5.74, 6) is -0.459. The molecule has 0 unspecified atom stereocenters. The minimum absolute atomic E-state index is 0.157. The van der Waals surface area contributed by atoms with Gasteiger partial charge in [-0.25, -0.2) is 0 Å². The smallest absolute Gasteiger partial charge is 0.348 e. The average molecular weight is 360 g/mol. The molecule has 0 saturated heterocycles. The van der Waals surface area contributed by atoms with Gasteiger partial charge in [-0.3, -0.25) is 14.5 Å². The molecule has 2 aromatic heterocycles. The molecule has 0 radical (unpaired) electrons. The van der Waals surface area contributed by atoms with Gasteiger partial charge in [0, 0.05) is 37.1 Å². The maximum absolute atomic E-state index is 12.6. The van der Waals surface area contributed by atoms with Crippen LogP contribution in [0.3, 0.4) is 0 Å². The third kappa shape index (κ3) is 3.90. The number of carbonyl (C=O) groups excluding carboxylic acids is 1. The molecule has 134 valence electrons. The third-order valence-corrected chi connectivity index (χ3v) is 3.78. The van der Waals surface area contributed by atoms with E-state index in [0.717, 1.165) is 35.4 Å². The molecule has 0 aliphatic rings. The van der Waals surface area contributed by atoms with Gasteiger partial charge in [-0.2, -0.15) is 18.3 Å². The van der Waals surface area contributed by atoms with E-state index in [9.17, 15) is 18.0 Å². The van der Waals surface area contributed by atoms with Crippen molar-refractivity contribution in [2.24, 2.45) is 7.05 Å². The number of amides is 1. The molecule has 0 saturated carbocycles. The molecule has 0 aliphatic heterocycles. The molecule has 3 aromatic rings. The summed E-state index contributed by atoms with van der Waals surface area (Å²) in [5.41, 5.74) is 1.64. The lowest BCUT2D eigenvalue weighted by Gasteiger charge is -2.10. The number of alkyl halides is 3. The third-order valence-electron chi connectivity index (χ3n) is 3.78. The minimum atomic E-state index is -4.43. The van der Waals surface area contributed by atoms with Crippen molar-refractivity contribution in [1.82, 2.24) is 20.1 Å². The standard InChI is InChI=1S/C18H15F3N4O/c1-25-11-14(10-24-25)16-13(3-2-8-22-16)9-23-17(26)12-4-6-15(7-5-12)18(19,20)21/h2-8,10-11H,9H2,1H3,(H,23,26). The topological polar surface area (TPSA) is 59.8 Å². The van der Waals surface area contributed by atoms with E-state index in [2.05, 4.69) is 15.4 Å². The highest BCUT2D eigenvalue weighted by Gasteiger charge is 2.30. The fourth-order valence-corrected chi connectivity index (χ4v) is 2.47. The van der Waals surface area contributed by atoms with Crippen LogP contribution in [0.15, 0.2) is 55.0 Å². The maximum Gasteiger partial charge on any atom is 0.416 e. The summed E-state index contributed by atoms with van der Waals surface area (Å²) in [4.78, 5) is 16.5. The van der Waals surface area contributed by atoms with Crippen molar-refractivity contribution in [2.75, 3.05) is 0 Å². The average Bonchev–Trinajstić information content (AvgIpc) is 3.05. The van der Waals surface area contributed by atoms with Crippen molar-refractivity contribution in [1.29, 1.82) is 0 Å². The Balaban J connectivity index is 1.72. The molecule has 1 aromatic carbocycles. The van der Waals surface area contributed by atoms with Gasteiger partial charge in [0.25, 0.3) is 5.91 Å². The Morgan fingerprint density at radius 3 is 2.54 bits per heavy atom. The van der Waals surface area contributed by atoms with Crippen LogP contribution in [0.5, 0.6) is 0 Å². The van der Waals surface area contributed by atoms with Crippen LogP contribution in [-0.4, -0.2) is 20.7 Å². The number of hydrogen-bond donors (Lipinski definition) is 1. The number of pyridine rings is 1. The van der Waals surface area contributed by atoms with Gasteiger partial charge in [-0.05, 0) is 35.9 Å². The number of benzene rings is 1. The predicted octanol–water partition coefficient (Wildman–Crippen LogP) is 3.43. The van der Waals surface area contributed by atoms with E-state index in [1.54, 1.807) is 30.2 Å². The second-order valence-electron chi connectivity index (χ2n) is 5.67. The molecule has 5 nitrogen and oxygen atoms in total. The number of aromatic nitrogens is 3. The first-order chi connectivity index (χ1) is 12.3. The number of hydrogen-bond acceptors (Lipinski definition) is 3. The summed E-state index contributed by atoms with van der Waals surface area (Å²) >= 11 is 0. The fourth-order valence-electron chi connectivity index (χ4n) is 2.47. The monoisotopic (exact) mass is 360 g/mol. The van der Waals surface area contributed by atoms with Gasteiger partial charge in [-0.15, -0.1) is 0 Å². The number of rotatable bonds is 4. The largest absolute Gasteiger partial charge is 0.416 e. The summed E-state index contributed by atoms with van der Waals surface area (Å²) in [7, 11) is 1.79. The summed E-state index contributed by atoms with van der Waals surface area (Å²) in [5, 5.41) is 6.81. The van der Waals surface area contributed by atoms with Crippen LogP contribution in [-0.2, 0) is 19.8 Å². The molecule has 26 heavy (non-hydrogen) atoms. The van der Waals surface area contributed by atoms with E-state index in [1.165, 1.54) is 0 Å². The Hall–Kier alpha value is -3.16. The first-order valence-electron chi connectivity index (χ1n) is 7.73. The molecule has 2 heterocycles. The van der Waals surface area contributed by atoms with Crippen molar-refractivity contribution in [3.8, 4) is 11.3 Å². The van der Waals surface area contributed by atoms with Crippen molar-refractivity contribution in [2.45, 2.75) is 12.7 Å². The first kappa shape index (κ1) is 17.7. The second kappa shape index (κ2) is 6.99. The lowest BCUT2D eigenvalue weighted by atomic mass is 10.1. The summed E-state index contributed by atoms with van der Waals surface area (Å²) in [6.07, 6.45) is 0.694. The first-order valence-corrected chi connectivity index (χ1v) is 7.73. The highest BCUT2D eigenvalue weighted by atomic mass is 19.4. The van der Waals surface area contributed by atoms with Crippen LogP contribution in [0.2, 0.25) is 0 Å². The molecular formula is C18H15F3N4O. The molecule has 0 spiro atoms. The Morgan fingerprint density at radius 1 is 1.19 bits per heavy atom. The summed E-state index contributed by atoms with van der Waals surface area (Å²) in [6, 6.07) is 7.66. The number of aryl methyl sites for hydroxylation is 1. The van der Waals surface area contributed by atoms with Crippen LogP contribution in [0.1, 0.15) is 21.5 Å². The molecule has 1 amide bonds. The van der Waals surface area contributed by atoms with Crippen LogP contribution in [0.25, 0.3) is 11.3 Å². The number of nitrogens with zero attached hydrogens (tertiary/aromatic N) is 3. The highest BCUT2D eigenvalue weighted by Crippen LogP contribution is 2.29. The Labute approximate surface area is 147 Å². The molecule has 0 fully saturated rings. The zero-order valence-corrected chi connectivity index (χ0v) is 13.8. The zero-order valence-electron chi connectivity index (χ0n) is 13.8. The van der Waals surface area contributed by atoms with Gasteiger partial charge >= 0.3 is 6.18 Å². The number of carbonyl (C=O) groups is 1. The molecule has 0 aliphatic carbocycles. The number of nitrogens with one attached hydrogen (secondary N) is 1. The second-order valence-corrected chi connectivity index (χ2v) is 5.67. The molecule has 0 bridgehead atoms. The van der Waals surface area contributed by atoms with Gasteiger partial charge in [0.1, 0.15) is 0 Å². The van der Waals surface area contributed by atoms with Gasteiger partial charge in [-0.1, -0.05) is 6.07 Å². The Morgan fingerprint density at radius 2 is 1.92 bits per heavy atom. The lowest BCUT2D eigenvalue weighted by molar-refractivity contribution is -0.137. The van der Waals surface area contributed by atoms with Crippen molar-refractivity contribution < 1.29 is 18.0 Å². The van der Waals surface area contributed by atoms with Crippen LogP contribution in [0, 0.1) is 0 Å². The van der Waals surface area contributed by atoms with Crippen LogP contribution in [0.4, 0.5) is 13.2 Å². The van der Waals surface area contributed by atoms with E-state index in [-0.39, 0.29) is 12.1 Å². The van der Waals surface area contributed by atoms with Crippen molar-refractivity contribution in [3.05, 3.63) is 71.7 Å². The Kier molecular flexibility index (Phi) is 4.75. The van der Waals surface area contributed by atoms with E-state index in [4.69, 9.17) is 0 Å². The SMILES string of the molecule is Cn1cc(-c2ncccc2CNC(=O)c2ccc(C(F)(F)F)cc2)cn1. The predicted molar refractivity (Wildman–Crippen MR) is 89.1 cm³/mol. The van der Waals surface area contributed by atoms with Crippen LogP contribution >= 0.6 is 0 Å². The maximum atomic E-state index is 12.6. The van der Waals surface area contributed by atoms with E-state index in [1.807, 2.05) is 12.3 Å². The fraction of sp³-hybridized carbons (Fsp3) is 0.167. The van der Waals surface area contributed by atoms with E-state index >= 15 is 0 Å². The Bertz CT molecular complexity index is 917. The molecule has 1 N–H and O–H groups in total.